The molecule has 2 aromatic heterocycles. The van der Waals surface area contributed by atoms with Crippen LogP contribution in [0.1, 0.15) is 30.0 Å². The van der Waals surface area contributed by atoms with E-state index in [1.54, 1.807) is 6.07 Å². The number of aromatic nitrogens is 1. The number of nitrogens with zero attached hydrogens (tertiary/aromatic N) is 2. The van der Waals surface area contributed by atoms with Crippen molar-refractivity contribution >= 4 is 11.5 Å². The number of nitro groups is 1. The van der Waals surface area contributed by atoms with Crippen LogP contribution in [-0.4, -0.2) is 9.91 Å². The summed E-state index contributed by atoms with van der Waals surface area (Å²) in [5.41, 5.74) is 1.80. The molecule has 1 atom stereocenters. The monoisotopic (exact) mass is 261 g/mol. The lowest BCUT2D eigenvalue weighted by molar-refractivity contribution is -0.389. The summed E-state index contributed by atoms with van der Waals surface area (Å²) in [6.45, 7) is 5.81. The van der Waals surface area contributed by atoms with E-state index < -0.39 is 4.92 Å². The molecule has 2 aromatic rings. The molecule has 0 saturated carbocycles. The molecule has 0 radical (unpaired) electrons. The first kappa shape index (κ1) is 13.1. The number of hydrogen-bond acceptors (Lipinski definition) is 5. The molecule has 0 spiro atoms. The first-order valence-corrected chi connectivity index (χ1v) is 5.91. The van der Waals surface area contributed by atoms with E-state index in [0.717, 1.165) is 22.8 Å². The fourth-order valence-corrected chi connectivity index (χ4v) is 1.99. The minimum absolute atomic E-state index is 0.0423. The lowest BCUT2D eigenvalue weighted by Gasteiger charge is -2.13. The molecule has 6 nitrogen and oxygen atoms in total. The van der Waals surface area contributed by atoms with Crippen molar-refractivity contribution in [2.24, 2.45) is 0 Å². The molecule has 0 amide bonds. The van der Waals surface area contributed by atoms with E-state index in [1.807, 2.05) is 26.8 Å². The lowest BCUT2D eigenvalue weighted by atomic mass is 10.1. The number of nitrogens with one attached hydrogen (secondary N) is 1. The highest BCUT2D eigenvalue weighted by molar-refractivity contribution is 5.46. The van der Waals surface area contributed by atoms with Gasteiger partial charge in [-0.2, -0.15) is 0 Å². The summed E-state index contributed by atoms with van der Waals surface area (Å²) in [4.78, 5) is 13.8. The van der Waals surface area contributed by atoms with E-state index in [-0.39, 0.29) is 11.9 Å². The van der Waals surface area contributed by atoms with E-state index in [4.69, 9.17) is 4.42 Å². The molecule has 2 rings (SSSR count). The van der Waals surface area contributed by atoms with E-state index >= 15 is 0 Å². The Morgan fingerprint density at radius 2 is 2.16 bits per heavy atom. The smallest absolute Gasteiger partial charge is 0.363 e. The molecule has 0 bridgehead atoms. The number of hydrogen-bond donors (Lipinski definition) is 1. The highest BCUT2D eigenvalue weighted by Gasteiger charge is 2.14. The van der Waals surface area contributed by atoms with Crippen molar-refractivity contribution in [2.45, 2.75) is 26.8 Å². The van der Waals surface area contributed by atoms with Crippen LogP contribution >= 0.6 is 0 Å². The molecule has 0 fully saturated rings. The van der Waals surface area contributed by atoms with E-state index in [9.17, 15) is 10.1 Å². The summed E-state index contributed by atoms with van der Waals surface area (Å²) in [6.07, 6.45) is 1.46. The van der Waals surface area contributed by atoms with Gasteiger partial charge >= 0.3 is 5.82 Å². The Morgan fingerprint density at radius 3 is 2.63 bits per heavy atom. The summed E-state index contributed by atoms with van der Waals surface area (Å²) in [5, 5.41) is 13.7. The summed E-state index contributed by atoms with van der Waals surface area (Å²) in [5.74, 6) is 1.57. The zero-order valence-electron chi connectivity index (χ0n) is 11.0. The molecule has 0 saturated heterocycles. The highest BCUT2D eigenvalue weighted by Crippen LogP contribution is 2.25. The number of pyridine rings is 1. The molecule has 1 N–H and O–H groups in total. The van der Waals surface area contributed by atoms with Crippen LogP contribution in [0.15, 0.2) is 28.8 Å². The molecule has 0 aromatic carbocycles. The van der Waals surface area contributed by atoms with Crippen LogP contribution in [-0.2, 0) is 0 Å². The topological polar surface area (TPSA) is 81.2 Å². The third kappa shape index (κ3) is 2.90. The van der Waals surface area contributed by atoms with Gasteiger partial charge in [0, 0.05) is 11.6 Å². The van der Waals surface area contributed by atoms with Crippen LogP contribution in [0.25, 0.3) is 0 Å². The van der Waals surface area contributed by atoms with Crippen LogP contribution in [0.4, 0.5) is 11.5 Å². The standard InChI is InChI=1S/C13H15N3O3/c1-8-6-12(10(3)19-8)9(2)15-11-4-5-13(14-7-11)16(17)18/h4-7,9,15H,1-3H3. The average molecular weight is 261 g/mol. The van der Waals surface area contributed by atoms with Crippen molar-refractivity contribution in [1.29, 1.82) is 0 Å². The molecule has 0 aliphatic carbocycles. The van der Waals surface area contributed by atoms with Gasteiger partial charge in [0.15, 0.2) is 6.20 Å². The molecule has 0 aliphatic rings. The van der Waals surface area contributed by atoms with E-state index in [0.29, 0.717) is 0 Å². The van der Waals surface area contributed by atoms with Gasteiger partial charge in [0.1, 0.15) is 11.5 Å². The molecular weight excluding hydrogens is 246 g/mol. The molecule has 2 heterocycles. The third-order valence-corrected chi connectivity index (χ3v) is 2.86. The normalized spacial score (nSPS) is 12.2. The van der Waals surface area contributed by atoms with Crippen LogP contribution < -0.4 is 5.32 Å². The summed E-state index contributed by atoms with van der Waals surface area (Å²) in [6, 6.07) is 5.04. The summed E-state index contributed by atoms with van der Waals surface area (Å²) >= 11 is 0. The quantitative estimate of drug-likeness (QED) is 0.674. The van der Waals surface area contributed by atoms with E-state index in [2.05, 4.69) is 10.3 Å². The molecule has 100 valence electrons. The number of aryl methyl sites for hydroxylation is 2. The van der Waals surface area contributed by atoms with Gasteiger partial charge in [0.2, 0.25) is 0 Å². The second-order valence-corrected chi connectivity index (χ2v) is 4.40. The second-order valence-electron chi connectivity index (χ2n) is 4.40. The fourth-order valence-electron chi connectivity index (χ4n) is 1.99. The van der Waals surface area contributed by atoms with Gasteiger partial charge in [0.25, 0.3) is 0 Å². The Morgan fingerprint density at radius 1 is 1.42 bits per heavy atom. The Labute approximate surface area is 110 Å². The molecule has 19 heavy (non-hydrogen) atoms. The van der Waals surface area contributed by atoms with Gasteiger partial charge in [-0.3, -0.25) is 0 Å². The van der Waals surface area contributed by atoms with Crippen LogP contribution in [0.3, 0.4) is 0 Å². The molecule has 1 unspecified atom stereocenters. The molecule has 6 heteroatoms. The Bertz CT molecular complexity index is 590. The maximum absolute atomic E-state index is 10.5. The summed E-state index contributed by atoms with van der Waals surface area (Å²) < 4.78 is 5.48. The number of furan rings is 1. The first-order chi connectivity index (χ1) is 8.97. The SMILES string of the molecule is Cc1cc(C(C)Nc2ccc([N+](=O)[O-])nc2)c(C)o1. The first-order valence-electron chi connectivity index (χ1n) is 5.91. The van der Waals surface area contributed by atoms with Gasteiger partial charge in [-0.25, -0.2) is 0 Å². The van der Waals surface area contributed by atoms with Crippen molar-refractivity contribution in [3.05, 3.63) is 51.6 Å². The largest absolute Gasteiger partial charge is 0.466 e. The second kappa shape index (κ2) is 5.09. The predicted octanol–water partition coefficient (Wildman–Crippen LogP) is 3.37. The lowest BCUT2D eigenvalue weighted by Crippen LogP contribution is -2.07. The average Bonchev–Trinajstić information content (AvgIpc) is 2.69. The van der Waals surface area contributed by atoms with E-state index in [1.165, 1.54) is 12.3 Å². The van der Waals surface area contributed by atoms with Gasteiger partial charge in [-0.05, 0) is 42.8 Å². The number of rotatable bonds is 4. The Balaban J connectivity index is 2.12. The van der Waals surface area contributed by atoms with Crippen LogP contribution in [0, 0.1) is 24.0 Å². The van der Waals surface area contributed by atoms with Crippen LogP contribution in [0.5, 0.6) is 0 Å². The van der Waals surface area contributed by atoms with Crippen molar-refractivity contribution < 1.29 is 9.34 Å². The van der Waals surface area contributed by atoms with Gasteiger partial charge in [0.05, 0.1) is 11.7 Å². The van der Waals surface area contributed by atoms with Crippen molar-refractivity contribution in [3.8, 4) is 0 Å². The van der Waals surface area contributed by atoms with Gasteiger partial charge in [-0.15, -0.1) is 0 Å². The fraction of sp³-hybridized carbons (Fsp3) is 0.308. The van der Waals surface area contributed by atoms with Crippen LogP contribution in [0.2, 0.25) is 0 Å². The maximum atomic E-state index is 10.5. The van der Waals surface area contributed by atoms with Crippen molar-refractivity contribution in [3.63, 3.8) is 0 Å². The maximum Gasteiger partial charge on any atom is 0.363 e. The predicted molar refractivity (Wildman–Crippen MR) is 71.1 cm³/mol. The zero-order chi connectivity index (χ0) is 14.0. The molecule has 0 aliphatic heterocycles. The Hall–Kier alpha value is -2.37. The Kier molecular flexibility index (Phi) is 3.50. The number of anilines is 1. The van der Waals surface area contributed by atoms with Crippen molar-refractivity contribution in [2.75, 3.05) is 5.32 Å². The minimum Gasteiger partial charge on any atom is -0.466 e. The zero-order valence-corrected chi connectivity index (χ0v) is 11.0. The molecular formula is C13H15N3O3. The highest BCUT2D eigenvalue weighted by atomic mass is 16.6. The summed E-state index contributed by atoms with van der Waals surface area (Å²) in [7, 11) is 0. The van der Waals surface area contributed by atoms with Gasteiger partial charge < -0.3 is 19.8 Å². The minimum atomic E-state index is -0.517. The van der Waals surface area contributed by atoms with Crippen molar-refractivity contribution in [1.82, 2.24) is 4.98 Å². The van der Waals surface area contributed by atoms with Gasteiger partial charge in [-0.1, -0.05) is 0 Å². The third-order valence-electron chi connectivity index (χ3n) is 2.86.